The Kier molecular flexibility index (Phi) is 5.39. The summed E-state index contributed by atoms with van der Waals surface area (Å²) in [5.74, 6) is -0.0284. The largest absolute Gasteiger partial charge is 0.353 e. The fraction of sp³-hybridized carbons (Fsp3) is 0.933. The van der Waals surface area contributed by atoms with E-state index in [-0.39, 0.29) is 16.9 Å². The molecule has 19 heavy (non-hydrogen) atoms. The molecule has 0 aromatic rings. The van der Waals surface area contributed by atoms with Crippen LogP contribution in [0.15, 0.2) is 0 Å². The van der Waals surface area contributed by atoms with E-state index in [0.717, 1.165) is 12.8 Å². The second-order valence-corrected chi connectivity index (χ2v) is 7.24. The van der Waals surface area contributed by atoms with Gasteiger partial charge >= 0.3 is 0 Å². The zero-order valence-electron chi connectivity index (χ0n) is 13.3. The second kappa shape index (κ2) is 6.23. The lowest BCUT2D eigenvalue weighted by Crippen LogP contribution is -2.57. The summed E-state index contributed by atoms with van der Waals surface area (Å²) in [6.07, 6.45) is 6.12. The van der Waals surface area contributed by atoms with Crippen LogP contribution >= 0.6 is 0 Å². The highest BCUT2D eigenvalue weighted by molar-refractivity contribution is 5.82. The molecular weight excluding hydrogens is 238 g/mol. The third-order valence-electron chi connectivity index (χ3n) is 4.54. The molecule has 1 aliphatic carbocycles. The van der Waals surface area contributed by atoms with Gasteiger partial charge in [0.05, 0.1) is 6.04 Å². The molecule has 0 spiro atoms. The summed E-state index contributed by atoms with van der Waals surface area (Å²) in [5, 5.41) is 3.08. The minimum atomic E-state index is -0.449. The van der Waals surface area contributed by atoms with Gasteiger partial charge in [0.1, 0.15) is 0 Å². The summed E-state index contributed by atoms with van der Waals surface area (Å²) in [6.45, 7) is 6.71. The average Bonchev–Trinajstić information content (AvgIpc) is 2.34. The van der Waals surface area contributed by atoms with E-state index in [2.05, 4.69) is 24.3 Å². The quantitative estimate of drug-likeness (QED) is 0.817. The Morgan fingerprint density at radius 3 is 2.21 bits per heavy atom. The summed E-state index contributed by atoms with van der Waals surface area (Å²) in [5.41, 5.74) is 5.93. The van der Waals surface area contributed by atoms with Crippen LogP contribution in [0.4, 0.5) is 0 Å². The Morgan fingerprint density at radius 1 is 1.26 bits per heavy atom. The molecule has 1 aliphatic rings. The highest BCUT2D eigenvalue weighted by Crippen LogP contribution is 2.31. The van der Waals surface area contributed by atoms with E-state index in [4.69, 9.17) is 5.73 Å². The molecule has 0 radical (unpaired) electrons. The fourth-order valence-electron chi connectivity index (χ4n) is 2.75. The third-order valence-corrected chi connectivity index (χ3v) is 4.54. The highest BCUT2D eigenvalue weighted by atomic mass is 16.2. The monoisotopic (exact) mass is 269 g/mol. The third kappa shape index (κ3) is 4.18. The van der Waals surface area contributed by atoms with E-state index in [1.165, 1.54) is 19.3 Å². The molecule has 0 aromatic carbocycles. The van der Waals surface area contributed by atoms with Gasteiger partial charge in [-0.05, 0) is 32.4 Å². The SMILES string of the molecule is CN(C)C1(CNC(=O)[C@H](N)C(C)(C)C)CCCCC1. The lowest BCUT2D eigenvalue weighted by molar-refractivity contribution is -0.125. The lowest BCUT2D eigenvalue weighted by atomic mass is 9.80. The molecule has 3 N–H and O–H groups in total. The molecule has 0 aromatic heterocycles. The fourth-order valence-corrected chi connectivity index (χ4v) is 2.75. The number of rotatable bonds is 4. The number of hydrogen-bond donors (Lipinski definition) is 2. The predicted molar refractivity (Wildman–Crippen MR) is 79.9 cm³/mol. The maximum Gasteiger partial charge on any atom is 0.237 e. The Hall–Kier alpha value is -0.610. The molecule has 0 heterocycles. The second-order valence-electron chi connectivity index (χ2n) is 7.24. The van der Waals surface area contributed by atoms with Crippen molar-refractivity contribution in [1.29, 1.82) is 0 Å². The minimum Gasteiger partial charge on any atom is -0.353 e. The van der Waals surface area contributed by atoms with Crippen molar-refractivity contribution in [2.24, 2.45) is 11.1 Å². The number of nitrogens with one attached hydrogen (secondary N) is 1. The van der Waals surface area contributed by atoms with Gasteiger partial charge in [-0.25, -0.2) is 0 Å². The zero-order valence-corrected chi connectivity index (χ0v) is 13.3. The van der Waals surface area contributed by atoms with Crippen molar-refractivity contribution in [3.05, 3.63) is 0 Å². The number of carbonyl (C=O) groups is 1. The topological polar surface area (TPSA) is 58.4 Å². The van der Waals surface area contributed by atoms with Gasteiger partial charge in [0.15, 0.2) is 0 Å². The molecule has 0 saturated heterocycles. The number of carbonyl (C=O) groups excluding carboxylic acids is 1. The summed E-state index contributed by atoms with van der Waals surface area (Å²) in [7, 11) is 4.22. The number of amides is 1. The molecule has 112 valence electrons. The predicted octanol–water partition coefficient (Wildman–Crippen LogP) is 1.74. The highest BCUT2D eigenvalue weighted by Gasteiger charge is 2.36. The van der Waals surface area contributed by atoms with Crippen LogP contribution in [0.1, 0.15) is 52.9 Å². The Morgan fingerprint density at radius 2 is 1.79 bits per heavy atom. The van der Waals surface area contributed by atoms with Gasteiger partial charge in [-0.15, -0.1) is 0 Å². The molecule has 0 unspecified atom stereocenters. The molecule has 0 bridgehead atoms. The van der Waals surface area contributed by atoms with Gasteiger partial charge in [-0.1, -0.05) is 40.0 Å². The van der Waals surface area contributed by atoms with Gasteiger partial charge in [0.2, 0.25) is 5.91 Å². The molecule has 1 saturated carbocycles. The van der Waals surface area contributed by atoms with Gasteiger partial charge in [0.25, 0.3) is 0 Å². The maximum absolute atomic E-state index is 12.1. The van der Waals surface area contributed by atoms with Crippen LogP contribution in [-0.4, -0.2) is 43.0 Å². The molecule has 4 heteroatoms. The number of hydrogen-bond acceptors (Lipinski definition) is 3. The summed E-state index contributed by atoms with van der Waals surface area (Å²) < 4.78 is 0. The van der Waals surface area contributed by atoms with Crippen LogP contribution in [-0.2, 0) is 4.79 Å². The van der Waals surface area contributed by atoms with E-state index in [1.807, 2.05) is 20.8 Å². The standard InChI is InChI=1S/C15H31N3O/c1-14(2,3)12(16)13(19)17-11-15(18(4)5)9-7-6-8-10-15/h12H,6-11,16H2,1-5H3,(H,17,19)/t12-/m0/s1. The van der Waals surface area contributed by atoms with Gasteiger partial charge in [-0.2, -0.15) is 0 Å². The normalized spacial score (nSPS) is 21.2. The number of nitrogens with two attached hydrogens (primary N) is 1. The van der Waals surface area contributed by atoms with Crippen molar-refractivity contribution in [2.45, 2.75) is 64.5 Å². The first kappa shape index (κ1) is 16.4. The molecule has 0 aliphatic heterocycles. The zero-order chi connectivity index (χ0) is 14.7. The lowest BCUT2D eigenvalue weighted by Gasteiger charge is -2.43. The molecular formula is C15H31N3O. The number of likely N-dealkylation sites (N-methyl/N-ethyl adjacent to an activating group) is 1. The Bertz CT molecular complexity index is 301. The maximum atomic E-state index is 12.1. The van der Waals surface area contributed by atoms with Crippen molar-refractivity contribution in [3.63, 3.8) is 0 Å². The van der Waals surface area contributed by atoms with Crippen LogP contribution in [0.2, 0.25) is 0 Å². The molecule has 1 atom stereocenters. The smallest absolute Gasteiger partial charge is 0.237 e. The summed E-state index contributed by atoms with van der Waals surface area (Å²) >= 11 is 0. The minimum absolute atomic E-state index is 0.0284. The van der Waals surface area contributed by atoms with Gasteiger partial charge < -0.3 is 16.0 Å². The van der Waals surface area contributed by atoms with Crippen LogP contribution in [0.3, 0.4) is 0 Å². The van der Waals surface area contributed by atoms with Crippen molar-refractivity contribution in [2.75, 3.05) is 20.6 Å². The van der Waals surface area contributed by atoms with Crippen molar-refractivity contribution in [1.82, 2.24) is 10.2 Å². The number of nitrogens with zero attached hydrogens (tertiary/aromatic N) is 1. The first-order valence-electron chi connectivity index (χ1n) is 7.40. The molecule has 1 fully saturated rings. The molecule has 1 amide bonds. The Labute approximate surface area is 118 Å². The van der Waals surface area contributed by atoms with Gasteiger partial charge in [0, 0.05) is 12.1 Å². The van der Waals surface area contributed by atoms with Gasteiger partial charge in [-0.3, -0.25) is 4.79 Å². The van der Waals surface area contributed by atoms with Crippen molar-refractivity contribution < 1.29 is 4.79 Å². The van der Waals surface area contributed by atoms with Crippen LogP contribution in [0, 0.1) is 5.41 Å². The van der Waals surface area contributed by atoms with Crippen LogP contribution in [0.5, 0.6) is 0 Å². The Balaban J connectivity index is 2.60. The van der Waals surface area contributed by atoms with Crippen molar-refractivity contribution in [3.8, 4) is 0 Å². The van der Waals surface area contributed by atoms with E-state index < -0.39 is 6.04 Å². The van der Waals surface area contributed by atoms with Crippen LogP contribution < -0.4 is 11.1 Å². The average molecular weight is 269 g/mol. The van der Waals surface area contributed by atoms with E-state index >= 15 is 0 Å². The first-order valence-corrected chi connectivity index (χ1v) is 7.40. The van der Waals surface area contributed by atoms with E-state index in [0.29, 0.717) is 6.54 Å². The molecule has 1 rings (SSSR count). The summed E-state index contributed by atoms with van der Waals surface area (Å²) in [6, 6.07) is -0.449. The first-order chi connectivity index (χ1) is 8.69. The summed E-state index contributed by atoms with van der Waals surface area (Å²) in [4.78, 5) is 14.4. The van der Waals surface area contributed by atoms with Crippen molar-refractivity contribution >= 4 is 5.91 Å². The van der Waals surface area contributed by atoms with Crippen LogP contribution in [0.25, 0.3) is 0 Å². The van der Waals surface area contributed by atoms with E-state index in [9.17, 15) is 4.79 Å². The molecule has 4 nitrogen and oxygen atoms in total. The van der Waals surface area contributed by atoms with E-state index in [1.54, 1.807) is 0 Å².